The van der Waals surface area contributed by atoms with Crippen molar-refractivity contribution in [3.63, 3.8) is 0 Å². The van der Waals surface area contributed by atoms with E-state index >= 15 is 0 Å². The number of carboxylic acid groups (broad SMARTS) is 1. The molecule has 18 heavy (non-hydrogen) atoms. The normalized spacial score (nSPS) is 26.3. The molecule has 1 aliphatic carbocycles. The molecule has 4 atom stereocenters. The fourth-order valence-electron chi connectivity index (χ4n) is 2.00. The quantitative estimate of drug-likeness (QED) is 0.673. The zero-order valence-electron chi connectivity index (χ0n) is 10.6. The Morgan fingerprint density at radius 1 is 1.44 bits per heavy atom. The van der Waals surface area contributed by atoms with Gasteiger partial charge in [0, 0.05) is 34.9 Å². The average molecular weight is 276 g/mol. The van der Waals surface area contributed by atoms with E-state index in [0.717, 1.165) is 6.42 Å². The molecule has 4 unspecified atom stereocenters. The van der Waals surface area contributed by atoms with Gasteiger partial charge in [0.15, 0.2) is 0 Å². The van der Waals surface area contributed by atoms with Crippen LogP contribution in [0.3, 0.4) is 0 Å². The van der Waals surface area contributed by atoms with Gasteiger partial charge in [-0.05, 0) is 19.8 Å². The molecule has 0 aliphatic heterocycles. The van der Waals surface area contributed by atoms with Gasteiger partial charge in [-0.3, -0.25) is 9.00 Å². The number of urea groups is 1. The minimum atomic E-state index is -0.982. The van der Waals surface area contributed by atoms with E-state index < -0.39 is 22.7 Å². The van der Waals surface area contributed by atoms with Crippen LogP contribution in [0.1, 0.15) is 26.2 Å². The summed E-state index contributed by atoms with van der Waals surface area (Å²) in [5.41, 5.74) is 0. The third-order valence-corrected chi connectivity index (χ3v) is 4.57. The van der Waals surface area contributed by atoms with Crippen molar-refractivity contribution in [2.45, 2.75) is 37.5 Å². The molecule has 0 radical (unpaired) electrons. The van der Waals surface area contributed by atoms with Crippen molar-refractivity contribution in [2.24, 2.45) is 5.92 Å². The average Bonchev–Trinajstić information content (AvgIpc) is 2.73. The highest BCUT2D eigenvalue weighted by Gasteiger charge is 2.33. The van der Waals surface area contributed by atoms with Gasteiger partial charge in [0.05, 0.1) is 5.92 Å². The van der Waals surface area contributed by atoms with Gasteiger partial charge in [0.2, 0.25) is 0 Å². The number of hydrogen-bond donors (Lipinski definition) is 3. The molecule has 0 aromatic heterocycles. The molecule has 0 aromatic carbocycles. The van der Waals surface area contributed by atoms with E-state index in [9.17, 15) is 13.8 Å². The number of carboxylic acids is 1. The van der Waals surface area contributed by atoms with E-state index in [2.05, 4.69) is 10.6 Å². The van der Waals surface area contributed by atoms with Crippen molar-refractivity contribution in [3.8, 4) is 0 Å². The van der Waals surface area contributed by atoms with Gasteiger partial charge in [0.25, 0.3) is 0 Å². The van der Waals surface area contributed by atoms with E-state index in [1.165, 1.54) is 0 Å². The molecule has 6 nitrogen and oxygen atoms in total. The molecule has 2 amide bonds. The van der Waals surface area contributed by atoms with Crippen molar-refractivity contribution >= 4 is 22.8 Å². The second-order valence-electron chi connectivity index (χ2n) is 4.65. The third-order valence-electron chi connectivity index (χ3n) is 3.27. The Bertz CT molecular complexity index is 348. The van der Waals surface area contributed by atoms with Gasteiger partial charge in [-0.1, -0.05) is 6.42 Å². The second-order valence-corrected chi connectivity index (χ2v) is 6.45. The molecule has 0 spiro atoms. The lowest BCUT2D eigenvalue weighted by Gasteiger charge is -2.18. The zero-order valence-corrected chi connectivity index (χ0v) is 11.5. The molecule has 1 aliphatic rings. The van der Waals surface area contributed by atoms with Gasteiger partial charge in [-0.15, -0.1) is 0 Å². The molecule has 1 rings (SSSR count). The van der Waals surface area contributed by atoms with Crippen LogP contribution in [-0.4, -0.2) is 45.4 Å². The van der Waals surface area contributed by atoms with Crippen LogP contribution in [-0.2, 0) is 15.6 Å². The minimum Gasteiger partial charge on any atom is -0.481 e. The van der Waals surface area contributed by atoms with Gasteiger partial charge < -0.3 is 15.7 Å². The largest absolute Gasteiger partial charge is 0.481 e. The van der Waals surface area contributed by atoms with Gasteiger partial charge >= 0.3 is 12.0 Å². The molecule has 3 N–H and O–H groups in total. The molecular formula is C11H20N2O4S. The van der Waals surface area contributed by atoms with Crippen LogP contribution in [0.15, 0.2) is 0 Å². The lowest BCUT2D eigenvalue weighted by Crippen LogP contribution is -2.47. The van der Waals surface area contributed by atoms with Crippen LogP contribution in [0, 0.1) is 5.92 Å². The van der Waals surface area contributed by atoms with Gasteiger partial charge in [-0.2, -0.15) is 0 Å². The highest BCUT2D eigenvalue weighted by molar-refractivity contribution is 7.84. The summed E-state index contributed by atoms with van der Waals surface area (Å²) in [6.45, 7) is 2.10. The topological polar surface area (TPSA) is 95.5 Å². The summed E-state index contributed by atoms with van der Waals surface area (Å²) in [5.74, 6) is -1.35. The third kappa shape index (κ3) is 4.29. The molecule has 0 saturated heterocycles. The standard InChI is InChI=1S/C11H20N2O4S/c1-7(18(2)17)6-12-11(16)13-9-5-3-4-8(9)10(14)15/h7-9H,3-6H2,1-2H3,(H,14,15)(H2,12,13,16). The molecule has 7 heteroatoms. The highest BCUT2D eigenvalue weighted by Crippen LogP contribution is 2.25. The highest BCUT2D eigenvalue weighted by atomic mass is 32.2. The maximum absolute atomic E-state index is 11.6. The Kier molecular flexibility index (Phi) is 5.58. The maximum atomic E-state index is 11.6. The van der Waals surface area contributed by atoms with Crippen LogP contribution in [0.2, 0.25) is 0 Å². The van der Waals surface area contributed by atoms with Crippen LogP contribution in [0.5, 0.6) is 0 Å². The smallest absolute Gasteiger partial charge is 0.315 e. The van der Waals surface area contributed by atoms with E-state index in [0.29, 0.717) is 19.4 Å². The molecule has 104 valence electrons. The number of carbonyl (C=O) groups is 2. The lowest BCUT2D eigenvalue weighted by atomic mass is 10.0. The van der Waals surface area contributed by atoms with Crippen molar-refractivity contribution in [2.75, 3.05) is 12.8 Å². The van der Waals surface area contributed by atoms with Crippen LogP contribution < -0.4 is 10.6 Å². The van der Waals surface area contributed by atoms with Crippen LogP contribution >= 0.6 is 0 Å². The van der Waals surface area contributed by atoms with E-state index in [1.54, 1.807) is 13.2 Å². The monoisotopic (exact) mass is 276 g/mol. The van der Waals surface area contributed by atoms with Crippen LogP contribution in [0.25, 0.3) is 0 Å². The fraction of sp³-hybridized carbons (Fsp3) is 0.818. The van der Waals surface area contributed by atoms with E-state index in [4.69, 9.17) is 5.11 Å². The van der Waals surface area contributed by atoms with E-state index in [1.807, 2.05) is 0 Å². The first-order valence-corrected chi connectivity index (χ1v) is 7.63. The SMILES string of the molecule is CC(CNC(=O)NC1CCCC1C(=O)O)S(C)=O. The second kappa shape index (κ2) is 6.72. The molecular weight excluding hydrogens is 256 g/mol. The summed E-state index contributed by atoms with van der Waals surface area (Å²) in [6.07, 6.45) is 3.70. The first kappa shape index (κ1) is 14.9. The molecule has 0 bridgehead atoms. The summed E-state index contributed by atoms with van der Waals surface area (Å²) in [5, 5.41) is 14.1. The molecule has 1 saturated carbocycles. The van der Waals surface area contributed by atoms with Gasteiger partial charge in [0.1, 0.15) is 0 Å². The summed E-state index contributed by atoms with van der Waals surface area (Å²) < 4.78 is 11.1. The number of hydrogen-bond acceptors (Lipinski definition) is 3. The number of aliphatic carboxylic acids is 1. The van der Waals surface area contributed by atoms with Crippen molar-refractivity contribution in [3.05, 3.63) is 0 Å². The zero-order chi connectivity index (χ0) is 13.7. The number of nitrogens with one attached hydrogen (secondary N) is 2. The lowest BCUT2D eigenvalue weighted by molar-refractivity contribution is -0.142. The Hall–Kier alpha value is -1.11. The van der Waals surface area contributed by atoms with E-state index in [-0.39, 0.29) is 17.3 Å². The molecule has 1 fully saturated rings. The predicted octanol–water partition coefficient (Wildman–Crippen LogP) is 0.306. The number of rotatable bonds is 5. The van der Waals surface area contributed by atoms with Crippen molar-refractivity contribution in [1.82, 2.24) is 10.6 Å². The summed E-state index contributed by atoms with van der Waals surface area (Å²) in [7, 11) is -0.982. The summed E-state index contributed by atoms with van der Waals surface area (Å²) in [4.78, 5) is 22.5. The van der Waals surface area contributed by atoms with Crippen LogP contribution in [0.4, 0.5) is 4.79 Å². The Morgan fingerprint density at radius 2 is 2.11 bits per heavy atom. The number of amides is 2. The van der Waals surface area contributed by atoms with Crippen molar-refractivity contribution in [1.29, 1.82) is 0 Å². The van der Waals surface area contributed by atoms with Crippen molar-refractivity contribution < 1.29 is 18.9 Å². The minimum absolute atomic E-state index is 0.116. The Labute approximate surface area is 109 Å². The first-order valence-electron chi connectivity index (χ1n) is 6.01. The predicted molar refractivity (Wildman–Crippen MR) is 68.8 cm³/mol. The summed E-state index contributed by atoms with van der Waals surface area (Å²) >= 11 is 0. The Balaban J connectivity index is 2.36. The molecule has 0 aromatic rings. The maximum Gasteiger partial charge on any atom is 0.315 e. The fourth-order valence-corrected chi connectivity index (χ4v) is 2.32. The van der Waals surface area contributed by atoms with Gasteiger partial charge in [-0.25, -0.2) is 4.79 Å². The Morgan fingerprint density at radius 3 is 2.67 bits per heavy atom. The summed E-state index contributed by atoms with van der Waals surface area (Å²) in [6, 6.07) is -0.685. The first-order chi connectivity index (χ1) is 8.41. The molecule has 0 heterocycles. The number of carbonyl (C=O) groups excluding carboxylic acids is 1.